The Hall–Kier alpha value is -1.27. The van der Waals surface area contributed by atoms with Crippen LogP contribution in [0.15, 0.2) is 18.3 Å². The number of nitrogens with zero attached hydrogens (tertiary/aromatic N) is 2. The number of halogens is 2. The molecule has 0 aromatic carbocycles. The summed E-state index contributed by atoms with van der Waals surface area (Å²) in [4.78, 5) is 15.5. The molecule has 0 aliphatic carbocycles. The van der Waals surface area contributed by atoms with Crippen LogP contribution in [0.1, 0.15) is 10.4 Å². The Bertz CT molecular complexity index is 558. The molecule has 2 aromatic rings. The van der Waals surface area contributed by atoms with E-state index in [1.54, 1.807) is 6.07 Å². The molecule has 7 heteroatoms. The summed E-state index contributed by atoms with van der Waals surface area (Å²) in [6.45, 7) is 0. The molecule has 4 nitrogen and oxygen atoms in total. The molecule has 0 fully saturated rings. The van der Waals surface area contributed by atoms with Crippen molar-refractivity contribution in [2.75, 3.05) is 7.11 Å². The summed E-state index contributed by atoms with van der Waals surface area (Å²) < 4.78 is 18.4. The van der Waals surface area contributed by atoms with Gasteiger partial charge in [0.25, 0.3) is 0 Å². The maximum Gasteiger partial charge on any atom is 0.340 e. The highest BCUT2D eigenvalue weighted by molar-refractivity contribution is 7.92. The summed E-state index contributed by atoms with van der Waals surface area (Å²) in [5.41, 5.74) is 0.981. The van der Waals surface area contributed by atoms with Crippen LogP contribution in [0.4, 0.5) is 3.89 Å². The zero-order valence-corrected chi connectivity index (χ0v) is 9.68. The summed E-state index contributed by atoms with van der Waals surface area (Å²) in [7, 11) is 1.25. The van der Waals surface area contributed by atoms with Crippen LogP contribution in [0.2, 0.25) is 5.15 Å². The van der Waals surface area contributed by atoms with Crippen molar-refractivity contribution in [2.45, 2.75) is 0 Å². The van der Waals surface area contributed by atoms with Gasteiger partial charge in [-0.15, -0.1) is 3.89 Å². The van der Waals surface area contributed by atoms with Crippen molar-refractivity contribution in [1.82, 2.24) is 8.96 Å². The lowest BCUT2D eigenvalue weighted by molar-refractivity contribution is 0.0602. The van der Waals surface area contributed by atoms with E-state index in [-0.39, 0.29) is 23.1 Å². The van der Waals surface area contributed by atoms with Crippen LogP contribution in [-0.2, 0) is 4.74 Å². The number of ether oxygens (including phenoxy) is 1. The van der Waals surface area contributed by atoms with E-state index in [0.717, 1.165) is 0 Å². The molecule has 0 amide bonds. The van der Waals surface area contributed by atoms with Crippen LogP contribution in [-0.4, -0.2) is 22.0 Å². The molecule has 0 aliphatic heterocycles. The normalized spacial score (nSPS) is 10.7. The molecular formula is C9H6ClFN2O2S. The number of fused-ring (bicyclic) bond motifs is 1. The number of carbonyl (C=O) groups excluding carboxylic acids is 1. The molecule has 2 heterocycles. The van der Waals surface area contributed by atoms with Gasteiger partial charge in [0.1, 0.15) is 5.15 Å². The molecule has 0 aliphatic rings. The number of carbonyl (C=O) groups is 1. The Morgan fingerprint density at radius 3 is 3.06 bits per heavy atom. The molecule has 2 rings (SSSR count). The van der Waals surface area contributed by atoms with Crippen molar-refractivity contribution in [3.05, 3.63) is 29.0 Å². The van der Waals surface area contributed by atoms with E-state index >= 15 is 0 Å². The van der Waals surface area contributed by atoms with E-state index in [1.807, 2.05) is 0 Å². The molecule has 0 saturated carbocycles. The molecule has 0 unspecified atom stereocenters. The first-order valence-corrected chi connectivity index (χ1v) is 5.27. The third-order valence-electron chi connectivity index (χ3n) is 2.06. The fraction of sp³-hybridized carbons (Fsp3) is 0.111. The minimum absolute atomic E-state index is 0.0213. The highest BCUT2D eigenvalue weighted by atomic mass is 35.5. The SMILES string of the molecule is COC(=O)c1cc(Cl)nc2ccn(SF)c12. The molecule has 0 atom stereocenters. The number of pyridine rings is 1. The summed E-state index contributed by atoms with van der Waals surface area (Å²) in [6.07, 6.45) is 1.46. The lowest BCUT2D eigenvalue weighted by Crippen LogP contribution is -2.04. The van der Waals surface area contributed by atoms with E-state index < -0.39 is 5.97 Å². The number of rotatable bonds is 2. The van der Waals surface area contributed by atoms with Crippen molar-refractivity contribution >= 4 is 40.9 Å². The summed E-state index contributed by atoms with van der Waals surface area (Å²) >= 11 is 5.73. The summed E-state index contributed by atoms with van der Waals surface area (Å²) in [6, 6.07) is 2.92. The lowest BCUT2D eigenvalue weighted by atomic mass is 10.2. The molecule has 16 heavy (non-hydrogen) atoms. The predicted molar refractivity (Wildman–Crippen MR) is 60.2 cm³/mol. The minimum atomic E-state index is -0.580. The van der Waals surface area contributed by atoms with Crippen molar-refractivity contribution in [3.63, 3.8) is 0 Å². The van der Waals surface area contributed by atoms with Crippen LogP contribution in [0, 0.1) is 0 Å². The second kappa shape index (κ2) is 4.31. The first kappa shape index (κ1) is 11.2. The van der Waals surface area contributed by atoms with Gasteiger partial charge in [0, 0.05) is 6.20 Å². The number of esters is 1. The minimum Gasteiger partial charge on any atom is -0.465 e. The van der Waals surface area contributed by atoms with Crippen LogP contribution in [0.25, 0.3) is 11.0 Å². The second-order valence-electron chi connectivity index (χ2n) is 2.93. The Morgan fingerprint density at radius 2 is 2.44 bits per heavy atom. The standard InChI is InChI=1S/C9H6ClFN2O2S/c1-15-9(14)5-4-7(10)12-6-2-3-13(16-11)8(5)6/h2-4H,1H3. The Kier molecular flexibility index (Phi) is 3.02. The van der Waals surface area contributed by atoms with Gasteiger partial charge in [0.15, 0.2) is 12.3 Å². The largest absolute Gasteiger partial charge is 0.465 e. The van der Waals surface area contributed by atoms with Gasteiger partial charge >= 0.3 is 5.97 Å². The fourth-order valence-electron chi connectivity index (χ4n) is 1.41. The first-order chi connectivity index (χ1) is 7.67. The third-order valence-corrected chi connectivity index (χ3v) is 2.70. The predicted octanol–water partition coefficient (Wildman–Crippen LogP) is 2.86. The lowest BCUT2D eigenvalue weighted by Gasteiger charge is -2.04. The zero-order valence-electron chi connectivity index (χ0n) is 8.11. The van der Waals surface area contributed by atoms with Crippen LogP contribution in [0.3, 0.4) is 0 Å². The van der Waals surface area contributed by atoms with Gasteiger partial charge < -0.3 is 4.74 Å². The van der Waals surface area contributed by atoms with E-state index in [1.165, 1.54) is 23.3 Å². The van der Waals surface area contributed by atoms with Gasteiger partial charge in [-0.1, -0.05) is 11.6 Å². The fourth-order valence-corrected chi connectivity index (χ4v) is 1.98. The number of methoxy groups -OCH3 is 1. The quantitative estimate of drug-likeness (QED) is 0.615. The van der Waals surface area contributed by atoms with Crippen LogP contribution in [0.5, 0.6) is 0 Å². The zero-order chi connectivity index (χ0) is 11.7. The number of hydrogen-bond donors (Lipinski definition) is 0. The third kappa shape index (κ3) is 1.74. The van der Waals surface area contributed by atoms with E-state index in [0.29, 0.717) is 11.0 Å². The second-order valence-corrected chi connectivity index (χ2v) is 3.85. The molecular weight excluding hydrogens is 255 g/mol. The molecule has 0 saturated heterocycles. The molecule has 84 valence electrons. The van der Waals surface area contributed by atoms with Gasteiger partial charge in [-0.05, 0) is 12.1 Å². The maximum atomic E-state index is 12.6. The first-order valence-electron chi connectivity index (χ1n) is 4.22. The topological polar surface area (TPSA) is 44.1 Å². The monoisotopic (exact) mass is 260 g/mol. The average molecular weight is 261 g/mol. The maximum absolute atomic E-state index is 12.6. The number of aromatic nitrogens is 2. The van der Waals surface area contributed by atoms with Crippen molar-refractivity contribution in [2.24, 2.45) is 0 Å². The van der Waals surface area contributed by atoms with Gasteiger partial charge in [0.2, 0.25) is 0 Å². The van der Waals surface area contributed by atoms with Crippen molar-refractivity contribution in [1.29, 1.82) is 0 Å². The van der Waals surface area contributed by atoms with Crippen molar-refractivity contribution < 1.29 is 13.4 Å². The number of hydrogen-bond acceptors (Lipinski definition) is 4. The van der Waals surface area contributed by atoms with Gasteiger partial charge in [-0.25, -0.2) is 9.78 Å². The van der Waals surface area contributed by atoms with Crippen LogP contribution >= 0.6 is 23.9 Å². The van der Waals surface area contributed by atoms with Crippen LogP contribution < -0.4 is 0 Å². The van der Waals surface area contributed by atoms with Gasteiger partial charge in [-0.2, -0.15) is 0 Å². The Labute approximate surface area is 99.8 Å². The average Bonchev–Trinajstić information content (AvgIpc) is 2.69. The van der Waals surface area contributed by atoms with E-state index in [4.69, 9.17) is 11.6 Å². The smallest absolute Gasteiger partial charge is 0.340 e. The van der Waals surface area contributed by atoms with Gasteiger partial charge in [-0.3, -0.25) is 3.97 Å². The van der Waals surface area contributed by atoms with Crippen molar-refractivity contribution in [3.8, 4) is 0 Å². The highest BCUT2D eigenvalue weighted by Crippen LogP contribution is 2.26. The summed E-state index contributed by atoms with van der Waals surface area (Å²) in [5, 5.41) is 0.162. The highest BCUT2D eigenvalue weighted by Gasteiger charge is 2.16. The molecule has 0 radical (unpaired) electrons. The summed E-state index contributed by atoms with van der Waals surface area (Å²) in [5.74, 6) is -0.580. The Balaban J connectivity index is 2.77. The molecule has 0 N–H and O–H groups in total. The van der Waals surface area contributed by atoms with E-state index in [2.05, 4.69) is 9.72 Å². The Morgan fingerprint density at radius 1 is 1.69 bits per heavy atom. The molecule has 2 aromatic heterocycles. The molecule has 0 spiro atoms. The van der Waals surface area contributed by atoms with E-state index in [9.17, 15) is 8.68 Å². The van der Waals surface area contributed by atoms with Gasteiger partial charge in [0.05, 0.1) is 23.7 Å². The molecule has 0 bridgehead atoms.